The van der Waals surface area contributed by atoms with Gasteiger partial charge in [-0.1, -0.05) is 29.3 Å². The number of benzene rings is 3. The molecule has 0 aliphatic rings. The van der Waals surface area contributed by atoms with E-state index in [1.807, 2.05) is 0 Å². The minimum absolute atomic E-state index is 0.000749. The fourth-order valence-electron chi connectivity index (χ4n) is 2.24. The molecule has 0 saturated heterocycles. The van der Waals surface area contributed by atoms with Crippen molar-refractivity contribution < 1.29 is 16.8 Å². The van der Waals surface area contributed by atoms with Crippen molar-refractivity contribution in [2.24, 2.45) is 0 Å². The van der Waals surface area contributed by atoms with Gasteiger partial charge in [0.15, 0.2) is 0 Å². The summed E-state index contributed by atoms with van der Waals surface area (Å²) >= 11 is 11.6. The van der Waals surface area contributed by atoms with Crippen molar-refractivity contribution in [3.05, 3.63) is 82.8 Å². The minimum atomic E-state index is -3.93. The van der Waals surface area contributed by atoms with Crippen LogP contribution < -0.4 is 0 Å². The van der Waals surface area contributed by atoms with Crippen LogP contribution in [0.3, 0.4) is 0 Å². The standard InChI is InChI=1S/C18H11Cl2O4S2/c19-13-4-8-15(9-5-13)25(21,22)17-2-1-3-18(12-17)26(23,24)16-10-6-14(20)7-11-16/h1-2,4-12H. The second kappa shape index (κ2) is 7.04. The van der Waals surface area contributed by atoms with Crippen LogP contribution in [0.15, 0.2) is 86.3 Å². The molecular weight excluding hydrogens is 415 g/mol. The highest BCUT2D eigenvalue weighted by Crippen LogP contribution is 2.27. The maximum atomic E-state index is 12.7. The molecule has 3 aromatic rings. The Hall–Kier alpha value is -1.86. The maximum absolute atomic E-state index is 12.7. The molecule has 0 aliphatic carbocycles. The highest BCUT2D eigenvalue weighted by molar-refractivity contribution is 7.92. The van der Waals surface area contributed by atoms with Gasteiger partial charge >= 0.3 is 0 Å². The molecule has 0 spiro atoms. The first-order valence-electron chi connectivity index (χ1n) is 7.24. The molecule has 3 rings (SSSR count). The molecule has 1 radical (unpaired) electrons. The van der Waals surface area contributed by atoms with E-state index in [-0.39, 0.29) is 19.6 Å². The minimum Gasteiger partial charge on any atom is -0.219 e. The Kier molecular flexibility index (Phi) is 5.12. The molecule has 0 aromatic heterocycles. The van der Waals surface area contributed by atoms with Crippen LogP contribution >= 0.6 is 23.2 Å². The van der Waals surface area contributed by atoms with Crippen LogP contribution in [0.2, 0.25) is 10.0 Å². The highest BCUT2D eigenvalue weighted by atomic mass is 35.5. The Labute approximate surface area is 161 Å². The van der Waals surface area contributed by atoms with Gasteiger partial charge in [-0.15, -0.1) is 0 Å². The van der Waals surface area contributed by atoms with E-state index in [0.717, 1.165) is 6.07 Å². The zero-order chi connectivity index (χ0) is 18.9. The summed E-state index contributed by atoms with van der Waals surface area (Å²) in [4.78, 5) is -0.372. The third-order valence-electron chi connectivity index (χ3n) is 3.59. The van der Waals surface area contributed by atoms with Gasteiger partial charge in [0.2, 0.25) is 19.7 Å². The molecule has 0 bridgehead atoms. The molecule has 4 nitrogen and oxygen atoms in total. The van der Waals surface area contributed by atoms with Crippen LogP contribution in [-0.4, -0.2) is 16.8 Å². The molecule has 0 N–H and O–H groups in total. The predicted octanol–water partition coefficient (Wildman–Crippen LogP) is 4.46. The van der Waals surface area contributed by atoms with Gasteiger partial charge in [0.25, 0.3) is 0 Å². The second-order valence-electron chi connectivity index (χ2n) is 5.30. The van der Waals surface area contributed by atoms with Crippen molar-refractivity contribution in [2.45, 2.75) is 19.6 Å². The number of sulfone groups is 2. The third-order valence-corrected chi connectivity index (χ3v) is 7.57. The summed E-state index contributed by atoms with van der Waals surface area (Å²) in [5, 5.41) is 0.795. The summed E-state index contributed by atoms with van der Waals surface area (Å²) in [7, 11) is -7.82. The van der Waals surface area contributed by atoms with Gasteiger partial charge in [-0.3, -0.25) is 0 Å². The average Bonchev–Trinajstić information content (AvgIpc) is 2.62. The Morgan fingerprint density at radius 2 is 1.08 bits per heavy atom. The van der Waals surface area contributed by atoms with Gasteiger partial charge in [-0.05, 0) is 60.7 Å². The van der Waals surface area contributed by atoms with Gasteiger partial charge in [-0.25, -0.2) is 16.8 Å². The summed E-state index contributed by atoms with van der Waals surface area (Å²) in [5.74, 6) is 0. The fourth-order valence-corrected chi connectivity index (χ4v) is 5.10. The molecule has 3 aromatic carbocycles. The average molecular weight is 426 g/mol. The first-order valence-corrected chi connectivity index (χ1v) is 11.0. The Morgan fingerprint density at radius 1 is 0.615 bits per heavy atom. The van der Waals surface area contributed by atoms with Crippen molar-refractivity contribution in [2.75, 3.05) is 0 Å². The van der Waals surface area contributed by atoms with E-state index in [2.05, 4.69) is 6.07 Å². The Morgan fingerprint density at radius 3 is 1.58 bits per heavy atom. The van der Waals surface area contributed by atoms with E-state index in [4.69, 9.17) is 23.2 Å². The lowest BCUT2D eigenvalue weighted by atomic mass is 10.4. The molecule has 0 amide bonds. The molecule has 133 valence electrons. The van der Waals surface area contributed by atoms with Crippen molar-refractivity contribution in [3.8, 4) is 0 Å². The van der Waals surface area contributed by atoms with Crippen LogP contribution in [0.4, 0.5) is 0 Å². The van der Waals surface area contributed by atoms with E-state index in [0.29, 0.717) is 10.0 Å². The van der Waals surface area contributed by atoms with Crippen molar-refractivity contribution in [3.63, 3.8) is 0 Å². The molecular formula is C18H11Cl2O4S2. The first-order chi connectivity index (χ1) is 12.2. The van der Waals surface area contributed by atoms with E-state index >= 15 is 0 Å². The summed E-state index contributed by atoms with van der Waals surface area (Å²) in [6.07, 6.45) is 0. The van der Waals surface area contributed by atoms with Crippen molar-refractivity contribution >= 4 is 42.9 Å². The number of hydrogen-bond donors (Lipinski definition) is 0. The van der Waals surface area contributed by atoms with Gasteiger partial charge in [0.05, 0.1) is 19.6 Å². The summed E-state index contributed by atoms with van der Waals surface area (Å²) < 4.78 is 50.9. The highest BCUT2D eigenvalue weighted by Gasteiger charge is 2.23. The zero-order valence-corrected chi connectivity index (χ0v) is 16.2. The number of halogens is 2. The van der Waals surface area contributed by atoms with Gasteiger partial charge in [-0.2, -0.15) is 0 Å². The summed E-state index contributed by atoms with van der Waals surface area (Å²) in [5.41, 5.74) is 0. The predicted molar refractivity (Wildman–Crippen MR) is 99.1 cm³/mol. The third kappa shape index (κ3) is 3.64. The van der Waals surface area contributed by atoms with Gasteiger partial charge in [0.1, 0.15) is 0 Å². The maximum Gasteiger partial charge on any atom is 0.207 e. The summed E-state index contributed by atoms with van der Waals surface area (Å²) in [6.45, 7) is 0. The smallest absolute Gasteiger partial charge is 0.207 e. The fraction of sp³-hybridized carbons (Fsp3) is 0. The molecule has 0 unspecified atom stereocenters. The lowest BCUT2D eigenvalue weighted by Gasteiger charge is -2.08. The van der Waals surface area contributed by atoms with E-state index in [1.54, 1.807) is 0 Å². The van der Waals surface area contributed by atoms with Crippen LogP contribution in [0.25, 0.3) is 0 Å². The number of hydrogen-bond acceptors (Lipinski definition) is 4. The quantitative estimate of drug-likeness (QED) is 0.618. The SMILES string of the molecule is O=S(=O)(c1[c]ccc(S(=O)(=O)c2ccc(Cl)cc2)c1)c1ccc(Cl)cc1. The zero-order valence-electron chi connectivity index (χ0n) is 13.1. The lowest BCUT2D eigenvalue weighted by molar-refractivity contribution is 0.594. The van der Waals surface area contributed by atoms with Crippen LogP contribution in [0.1, 0.15) is 0 Å². The topological polar surface area (TPSA) is 68.3 Å². The van der Waals surface area contributed by atoms with Gasteiger partial charge in [0, 0.05) is 16.1 Å². The second-order valence-corrected chi connectivity index (χ2v) is 10.0. The van der Waals surface area contributed by atoms with E-state index in [9.17, 15) is 16.8 Å². The molecule has 26 heavy (non-hydrogen) atoms. The van der Waals surface area contributed by atoms with Crippen molar-refractivity contribution in [1.82, 2.24) is 0 Å². The van der Waals surface area contributed by atoms with Crippen molar-refractivity contribution in [1.29, 1.82) is 0 Å². The first kappa shape index (κ1) is 18.9. The molecule has 0 heterocycles. The largest absolute Gasteiger partial charge is 0.219 e. The summed E-state index contributed by atoms with van der Waals surface area (Å²) in [6, 6.07) is 17.5. The van der Waals surface area contributed by atoms with Crippen LogP contribution in [0, 0.1) is 6.07 Å². The molecule has 0 atom stereocenters. The van der Waals surface area contributed by atoms with Crippen LogP contribution in [0.5, 0.6) is 0 Å². The monoisotopic (exact) mass is 425 g/mol. The lowest BCUT2D eigenvalue weighted by Crippen LogP contribution is -2.06. The Bertz CT molecular complexity index is 1060. The molecule has 0 fully saturated rings. The van der Waals surface area contributed by atoms with Crippen LogP contribution in [-0.2, 0) is 19.7 Å². The van der Waals surface area contributed by atoms with E-state index in [1.165, 1.54) is 60.7 Å². The van der Waals surface area contributed by atoms with Gasteiger partial charge < -0.3 is 0 Å². The molecule has 8 heteroatoms. The number of rotatable bonds is 4. The Balaban J connectivity index is 2.08. The molecule has 0 aliphatic heterocycles. The normalized spacial score (nSPS) is 12.1. The van der Waals surface area contributed by atoms with E-state index < -0.39 is 19.7 Å². The molecule has 0 saturated carbocycles.